The molecule has 1 unspecified atom stereocenters. The maximum Gasteiger partial charge on any atom is 0.219 e. The number of rotatable bonds is 4. The smallest absolute Gasteiger partial charge is 0.219 e. The highest BCUT2D eigenvalue weighted by Crippen LogP contribution is 2.23. The molecule has 0 amide bonds. The molecule has 1 aliphatic rings. The molecule has 1 aliphatic carbocycles. The second kappa shape index (κ2) is 5.58. The summed E-state index contributed by atoms with van der Waals surface area (Å²) < 4.78 is 5.71. The van der Waals surface area contributed by atoms with Crippen LogP contribution in [-0.2, 0) is 0 Å². The van der Waals surface area contributed by atoms with Crippen molar-refractivity contribution in [2.75, 3.05) is 14.1 Å². The minimum Gasteiger partial charge on any atom is -0.437 e. The average molecular weight is 281 g/mol. The lowest BCUT2D eigenvalue weighted by atomic mass is 9.90. The summed E-state index contributed by atoms with van der Waals surface area (Å²) in [6, 6.07) is 7.79. The Kier molecular flexibility index (Phi) is 3.62. The fourth-order valence-corrected chi connectivity index (χ4v) is 2.41. The second-order valence-electron chi connectivity index (χ2n) is 5.09. The summed E-state index contributed by atoms with van der Waals surface area (Å²) in [6.45, 7) is 0. The molecule has 3 rings (SSSR count). The Morgan fingerprint density at radius 1 is 1.29 bits per heavy atom. The van der Waals surface area contributed by atoms with Crippen molar-refractivity contribution >= 4 is 17.2 Å². The van der Waals surface area contributed by atoms with Gasteiger partial charge in [0, 0.05) is 12.7 Å². The monoisotopic (exact) mass is 281 g/mol. The molecule has 2 N–H and O–H groups in total. The first kappa shape index (κ1) is 13.6. The average Bonchev–Trinajstić information content (AvgIpc) is 2.96. The van der Waals surface area contributed by atoms with Crippen LogP contribution in [0, 0.1) is 0 Å². The summed E-state index contributed by atoms with van der Waals surface area (Å²) in [4.78, 5) is 4.46. The first-order valence-corrected chi connectivity index (χ1v) is 7.05. The number of hydrogen-bond acceptors (Lipinski definition) is 4. The molecule has 4 nitrogen and oxygen atoms in total. The molecule has 1 atom stereocenters. The van der Waals surface area contributed by atoms with Gasteiger partial charge in [-0.25, -0.2) is 4.98 Å². The van der Waals surface area contributed by atoms with Crippen molar-refractivity contribution in [2.45, 2.75) is 12.0 Å². The highest BCUT2D eigenvalue weighted by Gasteiger charge is 2.23. The molecule has 0 bridgehead atoms. The van der Waals surface area contributed by atoms with Gasteiger partial charge in [0.05, 0.1) is 5.54 Å². The standard InChI is InChI=1S/C17H19N3O/c1-18-13-7-10-17(19-2,11-8-13)12-9-16-20-14-5-3-4-6-15(14)21-16/h3-10,12,18-19H,11H2,1-2H3. The van der Waals surface area contributed by atoms with Crippen LogP contribution in [0.3, 0.4) is 0 Å². The van der Waals surface area contributed by atoms with Crippen molar-refractivity contribution in [2.24, 2.45) is 0 Å². The zero-order valence-electron chi connectivity index (χ0n) is 12.3. The van der Waals surface area contributed by atoms with Crippen LogP contribution in [0.1, 0.15) is 12.3 Å². The van der Waals surface area contributed by atoms with Crippen LogP contribution in [-0.4, -0.2) is 24.6 Å². The zero-order chi connectivity index (χ0) is 14.7. The van der Waals surface area contributed by atoms with Gasteiger partial charge in [0.2, 0.25) is 5.89 Å². The lowest BCUT2D eigenvalue weighted by Gasteiger charge is -2.28. The van der Waals surface area contributed by atoms with E-state index in [1.54, 1.807) is 0 Å². The van der Waals surface area contributed by atoms with E-state index in [0.29, 0.717) is 5.89 Å². The van der Waals surface area contributed by atoms with Crippen molar-refractivity contribution in [1.29, 1.82) is 0 Å². The lowest BCUT2D eigenvalue weighted by molar-refractivity contribution is 0.533. The van der Waals surface area contributed by atoms with Crippen LogP contribution in [0.25, 0.3) is 17.2 Å². The molecule has 0 aliphatic heterocycles. The molecule has 0 saturated carbocycles. The van der Waals surface area contributed by atoms with E-state index in [0.717, 1.165) is 23.2 Å². The minimum absolute atomic E-state index is 0.193. The quantitative estimate of drug-likeness (QED) is 0.905. The molecular formula is C17H19N3O. The minimum atomic E-state index is -0.193. The summed E-state index contributed by atoms with van der Waals surface area (Å²) in [5.41, 5.74) is 2.64. The molecule has 1 heterocycles. The zero-order valence-corrected chi connectivity index (χ0v) is 12.3. The third-order valence-electron chi connectivity index (χ3n) is 3.81. The van der Waals surface area contributed by atoms with E-state index in [-0.39, 0.29) is 5.54 Å². The SMILES string of the molecule is CNC1=CCC(C=Cc2nc3ccccc3o2)(NC)C=C1. The molecular weight excluding hydrogens is 262 g/mol. The molecule has 4 heteroatoms. The molecule has 21 heavy (non-hydrogen) atoms. The van der Waals surface area contributed by atoms with Crippen LogP contribution in [0.5, 0.6) is 0 Å². The van der Waals surface area contributed by atoms with Gasteiger partial charge < -0.3 is 15.1 Å². The Morgan fingerprint density at radius 2 is 2.14 bits per heavy atom. The van der Waals surface area contributed by atoms with E-state index in [1.807, 2.05) is 44.4 Å². The van der Waals surface area contributed by atoms with Gasteiger partial charge in [-0.05, 0) is 37.8 Å². The van der Waals surface area contributed by atoms with E-state index in [1.165, 1.54) is 0 Å². The predicted octanol–water partition coefficient (Wildman–Crippen LogP) is 2.86. The highest BCUT2D eigenvalue weighted by atomic mass is 16.3. The summed E-state index contributed by atoms with van der Waals surface area (Å²) in [5, 5.41) is 6.50. The lowest BCUT2D eigenvalue weighted by Crippen LogP contribution is -2.39. The molecule has 0 saturated heterocycles. The Balaban J connectivity index is 1.84. The van der Waals surface area contributed by atoms with E-state index < -0.39 is 0 Å². The van der Waals surface area contributed by atoms with Crippen molar-refractivity contribution < 1.29 is 4.42 Å². The number of likely N-dealkylation sites (N-methyl/N-ethyl adjacent to an activating group) is 2. The van der Waals surface area contributed by atoms with E-state index in [2.05, 4.69) is 39.9 Å². The maximum absolute atomic E-state index is 5.71. The summed E-state index contributed by atoms with van der Waals surface area (Å²) >= 11 is 0. The van der Waals surface area contributed by atoms with Crippen LogP contribution in [0.15, 0.2) is 58.7 Å². The van der Waals surface area contributed by atoms with Crippen LogP contribution in [0.4, 0.5) is 0 Å². The second-order valence-corrected chi connectivity index (χ2v) is 5.09. The summed E-state index contributed by atoms with van der Waals surface area (Å²) in [7, 11) is 3.88. The van der Waals surface area contributed by atoms with Gasteiger partial charge in [-0.1, -0.05) is 30.4 Å². The topological polar surface area (TPSA) is 50.1 Å². The number of aromatic nitrogens is 1. The number of allylic oxidation sites excluding steroid dienone is 1. The number of para-hydroxylation sites is 2. The van der Waals surface area contributed by atoms with Crippen LogP contribution < -0.4 is 10.6 Å². The van der Waals surface area contributed by atoms with Crippen molar-refractivity contribution in [3.63, 3.8) is 0 Å². The Hall–Kier alpha value is -2.33. The molecule has 0 radical (unpaired) electrons. The van der Waals surface area contributed by atoms with Gasteiger partial charge in [-0.15, -0.1) is 0 Å². The molecule has 1 aromatic heterocycles. The maximum atomic E-state index is 5.71. The van der Waals surface area contributed by atoms with Gasteiger partial charge in [-0.3, -0.25) is 0 Å². The van der Waals surface area contributed by atoms with Crippen LogP contribution in [0.2, 0.25) is 0 Å². The molecule has 1 aromatic carbocycles. The van der Waals surface area contributed by atoms with Crippen molar-refractivity contribution in [3.05, 3.63) is 60.2 Å². The molecule has 0 spiro atoms. The van der Waals surface area contributed by atoms with Gasteiger partial charge in [0.1, 0.15) is 5.52 Å². The Labute approximate surface area is 124 Å². The number of nitrogens with zero attached hydrogens (tertiary/aromatic N) is 1. The number of nitrogens with one attached hydrogen (secondary N) is 2. The molecule has 0 fully saturated rings. The number of oxazole rings is 1. The summed E-state index contributed by atoms with van der Waals surface area (Å²) in [6.07, 6.45) is 11.3. The van der Waals surface area contributed by atoms with Crippen molar-refractivity contribution in [3.8, 4) is 0 Å². The fraction of sp³-hybridized carbons (Fsp3) is 0.235. The van der Waals surface area contributed by atoms with Gasteiger partial charge in [-0.2, -0.15) is 0 Å². The van der Waals surface area contributed by atoms with E-state index in [4.69, 9.17) is 4.42 Å². The first-order chi connectivity index (χ1) is 10.2. The molecule has 108 valence electrons. The van der Waals surface area contributed by atoms with Gasteiger partial charge >= 0.3 is 0 Å². The van der Waals surface area contributed by atoms with Gasteiger partial charge in [0.25, 0.3) is 0 Å². The highest BCUT2D eigenvalue weighted by molar-refractivity contribution is 5.73. The third-order valence-corrected chi connectivity index (χ3v) is 3.81. The molecule has 2 aromatic rings. The van der Waals surface area contributed by atoms with E-state index in [9.17, 15) is 0 Å². The Bertz CT molecular complexity index is 693. The number of fused-ring (bicyclic) bond motifs is 1. The van der Waals surface area contributed by atoms with E-state index >= 15 is 0 Å². The number of hydrogen-bond donors (Lipinski definition) is 2. The number of benzene rings is 1. The normalized spacial score (nSPS) is 21.9. The van der Waals surface area contributed by atoms with Crippen LogP contribution >= 0.6 is 0 Å². The first-order valence-electron chi connectivity index (χ1n) is 7.05. The van der Waals surface area contributed by atoms with Crippen molar-refractivity contribution in [1.82, 2.24) is 15.6 Å². The largest absolute Gasteiger partial charge is 0.437 e. The predicted molar refractivity (Wildman–Crippen MR) is 85.7 cm³/mol. The fourth-order valence-electron chi connectivity index (χ4n) is 2.41. The summed E-state index contributed by atoms with van der Waals surface area (Å²) in [5.74, 6) is 0.627. The third kappa shape index (κ3) is 2.76. The Morgan fingerprint density at radius 3 is 2.81 bits per heavy atom. The van der Waals surface area contributed by atoms with Gasteiger partial charge in [0.15, 0.2) is 5.58 Å².